The van der Waals surface area contributed by atoms with Crippen LogP contribution in [-0.4, -0.2) is 10.9 Å². The first-order chi connectivity index (χ1) is 13.7. The lowest BCUT2D eigenvalue weighted by Gasteiger charge is -2.09. The Bertz CT molecular complexity index is 962. The van der Waals surface area contributed by atoms with E-state index in [2.05, 4.69) is 10.3 Å². The number of rotatable bonds is 7. The number of pyridine rings is 1. The first-order valence-electron chi connectivity index (χ1n) is 9.34. The highest BCUT2D eigenvalue weighted by Gasteiger charge is 2.44. The molecule has 1 aromatic heterocycles. The summed E-state index contributed by atoms with van der Waals surface area (Å²) in [6.45, 7) is 0.917. The number of amides is 1. The Labute approximate surface area is 169 Å². The Morgan fingerprint density at radius 2 is 1.86 bits per heavy atom. The van der Waals surface area contributed by atoms with Crippen LogP contribution in [0.25, 0.3) is 0 Å². The minimum Gasteiger partial charge on any atom is -0.473 e. The SMILES string of the molecule is O=C(NCc1ccnc(OCc2ccccc2)c1)C1CC1c1ccccc1Cl. The third-order valence-electron chi connectivity index (χ3n) is 4.93. The summed E-state index contributed by atoms with van der Waals surface area (Å²) in [5.41, 5.74) is 3.11. The third-order valence-corrected chi connectivity index (χ3v) is 5.27. The number of ether oxygens (including phenoxy) is 1. The number of carbonyl (C=O) groups is 1. The first-order valence-corrected chi connectivity index (χ1v) is 9.72. The van der Waals surface area contributed by atoms with E-state index in [-0.39, 0.29) is 17.7 Å². The van der Waals surface area contributed by atoms with Crippen molar-refractivity contribution in [2.45, 2.75) is 25.5 Å². The highest BCUT2D eigenvalue weighted by molar-refractivity contribution is 6.31. The molecule has 0 bridgehead atoms. The number of carbonyl (C=O) groups excluding carboxylic acids is 1. The predicted octanol–water partition coefficient (Wildman–Crippen LogP) is 4.73. The molecular weight excluding hydrogens is 372 g/mol. The van der Waals surface area contributed by atoms with Crippen molar-refractivity contribution in [2.24, 2.45) is 5.92 Å². The Kier molecular flexibility index (Phi) is 5.58. The molecule has 1 saturated carbocycles. The van der Waals surface area contributed by atoms with Gasteiger partial charge in [0, 0.05) is 29.7 Å². The van der Waals surface area contributed by atoms with Gasteiger partial charge in [-0.25, -0.2) is 4.98 Å². The van der Waals surface area contributed by atoms with Crippen LogP contribution >= 0.6 is 11.6 Å². The van der Waals surface area contributed by atoms with E-state index in [1.807, 2.05) is 66.7 Å². The molecule has 4 nitrogen and oxygen atoms in total. The lowest BCUT2D eigenvalue weighted by atomic mass is 10.1. The van der Waals surface area contributed by atoms with Crippen molar-refractivity contribution < 1.29 is 9.53 Å². The lowest BCUT2D eigenvalue weighted by Crippen LogP contribution is -2.24. The molecule has 1 heterocycles. The Morgan fingerprint density at radius 1 is 1.07 bits per heavy atom. The van der Waals surface area contributed by atoms with E-state index < -0.39 is 0 Å². The predicted molar refractivity (Wildman–Crippen MR) is 109 cm³/mol. The third kappa shape index (κ3) is 4.52. The molecule has 1 N–H and O–H groups in total. The number of nitrogens with one attached hydrogen (secondary N) is 1. The average Bonchev–Trinajstić information content (AvgIpc) is 3.53. The van der Waals surface area contributed by atoms with E-state index in [4.69, 9.17) is 16.3 Å². The number of aromatic nitrogens is 1. The minimum absolute atomic E-state index is 0.00413. The van der Waals surface area contributed by atoms with Crippen molar-refractivity contribution in [1.82, 2.24) is 10.3 Å². The minimum atomic E-state index is -0.00413. The van der Waals surface area contributed by atoms with Crippen LogP contribution < -0.4 is 10.1 Å². The van der Waals surface area contributed by atoms with Crippen molar-refractivity contribution in [3.63, 3.8) is 0 Å². The van der Waals surface area contributed by atoms with Gasteiger partial charge in [-0.15, -0.1) is 0 Å². The molecule has 2 atom stereocenters. The second-order valence-corrected chi connectivity index (χ2v) is 7.37. The molecule has 0 saturated heterocycles. The molecule has 1 fully saturated rings. The zero-order valence-corrected chi connectivity index (χ0v) is 16.1. The molecule has 5 heteroatoms. The molecule has 3 aromatic rings. The van der Waals surface area contributed by atoms with Gasteiger partial charge in [0.2, 0.25) is 11.8 Å². The van der Waals surface area contributed by atoms with Crippen LogP contribution in [0.2, 0.25) is 5.02 Å². The lowest BCUT2D eigenvalue weighted by molar-refractivity contribution is -0.122. The zero-order chi connectivity index (χ0) is 19.3. The molecule has 142 valence electrons. The van der Waals surface area contributed by atoms with Crippen molar-refractivity contribution >= 4 is 17.5 Å². The number of nitrogens with zero attached hydrogens (tertiary/aromatic N) is 1. The van der Waals surface area contributed by atoms with E-state index in [1.54, 1.807) is 6.20 Å². The Morgan fingerprint density at radius 3 is 2.68 bits per heavy atom. The summed E-state index contributed by atoms with van der Waals surface area (Å²) in [7, 11) is 0. The normalized spacial score (nSPS) is 17.8. The molecule has 2 unspecified atom stereocenters. The van der Waals surface area contributed by atoms with Gasteiger partial charge in [-0.1, -0.05) is 60.1 Å². The van der Waals surface area contributed by atoms with Crippen LogP contribution in [0.15, 0.2) is 72.9 Å². The van der Waals surface area contributed by atoms with Crippen LogP contribution in [0, 0.1) is 5.92 Å². The number of hydrogen-bond acceptors (Lipinski definition) is 3. The van der Waals surface area contributed by atoms with E-state index >= 15 is 0 Å². The largest absolute Gasteiger partial charge is 0.473 e. The smallest absolute Gasteiger partial charge is 0.224 e. The van der Waals surface area contributed by atoms with Gasteiger partial charge in [0.05, 0.1) is 0 Å². The fourth-order valence-corrected chi connectivity index (χ4v) is 3.57. The van der Waals surface area contributed by atoms with Crippen molar-refractivity contribution in [3.05, 3.63) is 94.6 Å². The van der Waals surface area contributed by atoms with Gasteiger partial charge in [0.25, 0.3) is 0 Å². The highest BCUT2D eigenvalue weighted by atomic mass is 35.5. The van der Waals surface area contributed by atoms with Crippen LogP contribution in [0.5, 0.6) is 5.88 Å². The quantitative estimate of drug-likeness (QED) is 0.632. The van der Waals surface area contributed by atoms with Gasteiger partial charge in [-0.2, -0.15) is 0 Å². The first kappa shape index (κ1) is 18.5. The Balaban J connectivity index is 1.29. The molecule has 1 amide bonds. The van der Waals surface area contributed by atoms with Gasteiger partial charge < -0.3 is 10.1 Å². The van der Waals surface area contributed by atoms with E-state index in [9.17, 15) is 4.79 Å². The molecule has 0 spiro atoms. The van der Waals surface area contributed by atoms with Crippen LogP contribution in [0.3, 0.4) is 0 Å². The molecule has 1 aliphatic rings. The summed E-state index contributed by atoms with van der Waals surface area (Å²) < 4.78 is 5.75. The van der Waals surface area contributed by atoms with Gasteiger partial charge in [0.15, 0.2) is 0 Å². The second kappa shape index (κ2) is 8.44. The number of hydrogen-bond donors (Lipinski definition) is 1. The molecule has 2 aromatic carbocycles. The van der Waals surface area contributed by atoms with Crippen molar-refractivity contribution in [2.75, 3.05) is 0 Å². The van der Waals surface area contributed by atoms with Gasteiger partial charge in [0.1, 0.15) is 6.61 Å². The van der Waals surface area contributed by atoms with Crippen LogP contribution in [0.4, 0.5) is 0 Å². The van der Waals surface area contributed by atoms with Crippen LogP contribution in [-0.2, 0) is 17.9 Å². The topological polar surface area (TPSA) is 51.2 Å². The second-order valence-electron chi connectivity index (χ2n) is 6.96. The standard InChI is InChI=1S/C23H21ClN2O2/c24-21-9-5-4-8-18(21)19-13-20(19)23(27)26-14-17-10-11-25-22(12-17)28-15-16-6-2-1-3-7-16/h1-12,19-20H,13-15H2,(H,26,27). The molecular formula is C23H21ClN2O2. The van der Waals surface area contributed by atoms with Gasteiger partial charge in [-0.3, -0.25) is 4.79 Å². The highest BCUT2D eigenvalue weighted by Crippen LogP contribution is 2.49. The molecule has 1 aliphatic carbocycles. The molecule has 0 aliphatic heterocycles. The van der Waals surface area contributed by atoms with E-state index in [0.29, 0.717) is 19.0 Å². The van der Waals surface area contributed by atoms with Crippen molar-refractivity contribution in [1.29, 1.82) is 0 Å². The van der Waals surface area contributed by atoms with Gasteiger partial charge in [-0.05, 0) is 41.2 Å². The maximum atomic E-state index is 12.5. The molecule has 0 radical (unpaired) electrons. The molecule has 4 rings (SSSR count). The summed E-state index contributed by atoms with van der Waals surface area (Å²) >= 11 is 6.24. The van der Waals surface area contributed by atoms with E-state index in [1.165, 1.54) is 0 Å². The maximum absolute atomic E-state index is 12.5. The fourth-order valence-electron chi connectivity index (χ4n) is 3.30. The zero-order valence-electron chi connectivity index (χ0n) is 15.3. The van der Waals surface area contributed by atoms with Gasteiger partial charge >= 0.3 is 0 Å². The monoisotopic (exact) mass is 392 g/mol. The Hall–Kier alpha value is -2.85. The maximum Gasteiger partial charge on any atom is 0.224 e. The van der Waals surface area contributed by atoms with Crippen LogP contribution in [0.1, 0.15) is 29.0 Å². The summed E-state index contributed by atoms with van der Waals surface area (Å²) in [6, 6.07) is 21.4. The number of halogens is 1. The summed E-state index contributed by atoms with van der Waals surface area (Å²) in [6.07, 6.45) is 2.54. The van der Waals surface area contributed by atoms with E-state index in [0.717, 1.165) is 28.1 Å². The van der Waals surface area contributed by atoms with Crippen molar-refractivity contribution in [3.8, 4) is 5.88 Å². The summed E-state index contributed by atoms with van der Waals surface area (Å²) in [5.74, 6) is 0.830. The fraction of sp³-hybridized carbons (Fsp3) is 0.217. The molecule has 28 heavy (non-hydrogen) atoms. The summed E-state index contributed by atoms with van der Waals surface area (Å²) in [5, 5.41) is 3.75. The average molecular weight is 393 g/mol. The summed E-state index contributed by atoms with van der Waals surface area (Å²) in [4.78, 5) is 16.7. The number of benzene rings is 2.